The predicted molar refractivity (Wildman–Crippen MR) is 75.6 cm³/mol. The van der Waals surface area contributed by atoms with Crippen molar-refractivity contribution in [1.82, 2.24) is 4.98 Å². The van der Waals surface area contributed by atoms with Gasteiger partial charge in [0.25, 0.3) is 0 Å². The first-order valence-electron chi connectivity index (χ1n) is 5.98. The van der Waals surface area contributed by atoms with E-state index in [9.17, 15) is 0 Å². The van der Waals surface area contributed by atoms with E-state index < -0.39 is 0 Å². The van der Waals surface area contributed by atoms with E-state index >= 15 is 0 Å². The number of hydrogen-bond donors (Lipinski definition) is 0. The molecular formula is C14H14N4O2. The summed E-state index contributed by atoms with van der Waals surface area (Å²) in [5.41, 5.74) is 11.3. The van der Waals surface area contributed by atoms with E-state index in [1.807, 2.05) is 25.1 Å². The van der Waals surface area contributed by atoms with Gasteiger partial charge in [0, 0.05) is 22.9 Å². The van der Waals surface area contributed by atoms with Crippen LogP contribution in [0.2, 0.25) is 0 Å². The van der Waals surface area contributed by atoms with E-state index in [1.54, 1.807) is 25.6 Å². The van der Waals surface area contributed by atoms with Crippen LogP contribution in [-0.2, 0) is 0 Å². The lowest BCUT2D eigenvalue weighted by atomic mass is 10.1. The van der Waals surface area contributed by atoms with Crippen molar-refractivity contribution in [3.05, 3.63) is 52.7 Å². The summed E-state index contributed by atoms with van der Waals surface area (Å²) in [7, 11) is 1.56. The third kappa shape index (κ3) is 3.18. The molecule has 0 unspecified atom stereocenters. The number of benzene rings is 1. The van der Waals surface area contributed by atoms with Crippen LogP contribution in [0, 0.1) is 6.92 Å². The molecule has 6 heteroatoms. The Morgan fingerprint density at radius 3 is 2.75 bits per heavy atom. The number of ether oxygens (including phenoxy) is 2. The van der Waals surface area contributed by atoms with Gasteiger partial charge in [-0.25, -0.2) is 0 Å². The Morgan fingerprint density at radius 2 is 2.05 bits per heavy atom. The van der Waals surface area contributed by atoms with Crippen molar-refractivity contribution in [1.29, 1.82) is 0 Å². The zero-order chi connectivity index (χ0) is 14.4. The zero-order valence-corrected chi connectivity index (χ0v) is 11.3. The quantitative estimate of drug-likeness (QED) is 0.472. The van der Waals surface area contributed by atoms with E-state index in [4.69, 9.17) is 15.0 Å². The molecule has 1 aromatic carbocycles. The number of hydrogen-bond acceptors (Lipinski definition) is 4. The molecule has 102 valence electrons. The second kappa shape index (κ2) is 6.45. The van der Waals surface area contributed by atoms with E-state index in [-0.39, 0.29) is 6.73 Å². The maximum absolute atomic E-state index is 8.23. The third-order valence-corrected chi connectivity index (χ3v) is 2.71. The lowest BCUT2D eigenvalue weighted by Crippen LogP contribution is -1.96. The molecule has 0 saturated carbocycles. The summed E-state index contributed by atoms with van der Waals surface area (Å²) in [6, 6.07) is 7.60. The fourth-order valence-electron chi connectivity index (χ4n) is 1.80. The van der Waals surface area contributed by atoms with Crippen molar-refractivity contribution in [3.63, 3.8) is 0 Å². The molecule has 0 fully saturated rings. The maximum Gasteiger partial charge on any atom is 0.167 e. The Morgan fingerprint density at radius 1 is 1.20 bits per heavy atom. The summed E-state index contributed by atoms with van der Waals surface area (Å²) in [4.78, 5) is 6.80. The summed E-state index contributed by atoms with van der Waals surface area (Å²) < 4.78 is 10.6. The minimum Gasteiger partial charge on any atom is -0.493 e. The summed E-state index contributed by atoms with van der Waals surface area (Å²) in [5, 5.41) is 3.33. The van der Waals surface area contributed by atoms with Gasteiger partial charge in [-0.15, -0.1) is 0 Å². The standard InChI is InChI=1S/C14H14N4O2/c1-10-5-12(8-16-7-10)11-3-4-13(14(6-11)19-2)20-9-17-18-15/h3-8H,9H2,1-2H3. The molecule has 2 rings (SSSR count). The van der Waals surface area contributed by atoms with Crippen LogP contribution in [0.1, 0.15) is 5.56 Å². The van der Waals surface area contributed by atoms with Gasteiger partial charge in [0.1, 0.15) is 0 Å². The van der Waals surface area contributed by atoms with Gasteiger partial charge in [-0.2, -0.15) is 0 Å². The van der Waals surface area contributed by atoms with Crippen LogP contribution >= 0.6 is 0 Å². The molecule has 2 aromatic rings. The van der Waals surface area contributed by atoms with Crippen molar-refractivity contribution in [2.75, 3.05) is 13.8 Å². The number of nitrogens with zero attached hydrogens (tertiary/aromatic N) is 4. The highest BCUT2D eigenvalue weighted by Crippen LogP contribution is 2.32. The van der Waals surface area contributed by atoms with Crippen molar-refractivity contribution in [2.45, 2.75) is 6.92 Å². The molecule has 0 aliphatic rings. The number of aryl methyl sites for hydroxylation is 1. The Hall–Kier alpha value is -2.72. The highest BCUT2D eigenvalue weighted by atomic mass is 16.5. The molecular weight excluding hydrogens is 256 g/mol. The predicted octanol–water partition coefficient (Wildman–Crippen LogP) is 3.71. The molecule has 0 amide bonds. The van der Waals surface area contributed by atoms with Gasteiger partial charge in [0.05, 0.1) is 7.11 Å². The molecule has 0 radical (unpaired) electrons. The van der Waals surface area contributed by atoms with Gasteiger partial charge in [0.15, 0.2) is 18.2 Å². The van der Waals surface area contributed by atoms with Crippen LogP contribution in [0.5, 0.6) is 11.5 Å². The molecule has 6 nitrogen and oxygen atoms in total. The van der Waals surface area contributed by atoms with Crippen molar-refractivity contribution < 1.29 is 9.47 Å². The first kappa shape index (κ1) is 13.7. The van der Waals surface area contributed by atoms with Crippen LogP contribution in [-0.4, -0.2) is 18.8 Å². The minimum atomic E-state index is -0.0712. The normalized spacial score (nSPS) is 9.70. The average molecular weight is 270 g/mol. The van der Waals surface area contributed by atoms with Crippen LogP contribution in [0.3, 0.4) is 0 Å². The first-order valence-corrected chi connectivity index (χ1v) is 5.98. The largest absolute Gasteiger partial charge is 0.493 e. The minimum absolute atomic E-state index is 0.0712. The molecule has 1 heterocycles. The van der Waals surface area contributed by atoms with Crippen molar-refractivity contribution in [2.24, 2.45) is 5.11 Å². The molecule has 0 saturated heterocycles. The number of methoxy groups -OCH3 is 1. The number of azide groups is 1. The van der Waals surface area contributed by atoms with Gasteiger partial charge < -0.3 is 9.47 Å². The van der Waals surface area contributed by atoms with Crippen LogP contribution in [0.15, 0.2) is 41.8 Å². The first-order chi connectivity index (χ1) is 9.74. The van der Waals surface area contributed by atoms with Crippen LogP contribution in [0.25, 0.3) is 21.6 Å². The zero-order valence-electron chi connectivity index (χ0n) is 11.3. The molecule has 0 spiro atoms. The fourth-order valence-corrected chi connectivity index (χ4v) is 1.80. The van der Waals surface area contributed by atoms with Crippen LogP contribution in [0.4, 0.5) is 0 Å². The maximum atomic E-state index is 8.23. The lowest BCUT2D eigenvalue weighted by Gasteiger charge is -2.11. The Kier molecular flexibility index (Phi) is 4.42. The molecule has 0 aliphatic heterocycles. The highest BCUT2D eigenvalue weighted by Gasteiger charge is 2.07. The molecule has 0 atom stereocenters. The topological polar surface area (TPSA) is 80.1 Å². The van der Waals surface area contributed by atoms with Gasteiger partial charge in [-0.1, -0.05) is 11.2 Å². The smallest absolute Gasteiger partial charge is 0.167 e. The average Bonchev–Trinajstić information content (AvgIpc) is 2.47. The number of aromatic nitrogens is 1. The lowest BCUT2D eigenvalue weighted by molar-refractivity contribution is 0.303. The van der Waals surface area contributed by atoms with E-state index in [1.165, 1.54) is 0 Å². The third-order valence-electron chi connectivity index (χ3n) is 2.71. The highest BCUT2D eigenvalue weighted by molar-refractivity contribution is 5.66. The Balaban J connectivity index is 2.31. The van der Waals surface area contributed by atoms with E-state index in [0.717, 1.165) is 16.7 Å². The second-order valence-corrected chi connectivity index (χ2v) is 4.12. The van der Waals surface area contributed by atoms with Gasteiger partial charge >= 0.3 is 0 Å². The van der Waals surface area contributed by atoms with E-state index in [2.05, 4.69) is 15.0 Å². The second-order valence-electron chi connectivity index (χ2n) is 4.12. The van der Waals surface area contributed by atoms with Gasteiger partial charge in [0.2, 0.25) is 0 Å². The van der Waals surface area contributed by atoms with Gasteiger partial charge in [-0.05, 0) is 41.8 Å². The molecule has 0 bridgehead atoms. The fraction of sp³-hybridized carbons (Fsp3) is 0.214. The number of pyridine rings is 1. The molecule has 0 aliphatic carbocycles. The Labute approximate surface area is 116 Å². The summed E-state index contributed by atoms with van der Waals surface area (Å²) in [6.45, 7) is 1.92. The Bertz CT molecular complexity index is 651. The van der Waals surface area contributed by atoms with Gasteiger partial charge in [-0.3, -0.25) is 4.98 Å². The molecule has 20 heavy (non-hydrogen) atoms. The summed E-state index contributed by atoms with van der Waals surface area (Å²) >= 11 is 0. The SMILES string of the molecule is COc1cc(-c2cncc(C)c2)ccc1OCN=[N+]=[N-]. The molecule has 0 N–H and O–H groups in total. The monoisotopic (exact) mass is 270 g/mol. The van der Waals surface area contributed by atoms with Crippen LogP contribution < -0.4 is 9.47 Å². The van der Waals surface area contributed by atoms with Crippen molar-refractivity contribution >= 4 is 0 Å². The summed E-state index contributed by atoms with van der Waals surface area (Å²) in [6.07, 6.45) is 3.60. The summed E-state index contributed by atoms with van der Waals surface area (Å²) in [5.74, 6) is 1.11. The van der Waals surface area contributed by atoms with E-state index in [0.29, 0.717) is 11.5 Å². The van der Waals surface area contributed by atoms with Crippen molar-refractivity contribution in [3.8, 4) is 22.6 Å². The molecule has 1 aromatic heterocycles. The number of rotatable bonds is 5.